The van der Waals surface area contributed by atoms with E-state index in [4.69, 9.17) is 23.2 Å². The van der Waals surface area contributed by atoms with Crippen LogP contribution in [0.3, 0.4) is 0 Å². The number of benzene rings is 2. The van der Waals surface area contributed by atoms with Gasteiger partial charge >= 0.3 is 6.03 Å². The number of para-hydroxylation sites is 1. The molecule has 3 aromatic rings. The lowest BCUT2D eigenvalue weighted by Gasteiger charge is -2.18. The second-order valence-electron chi connectivity index (χ2n) is 5.84. The van der Waals surface area contributed by atoms with Crippen LogP contribution in [0.2, 0.25) is 10.0 Å². The van der Waals surface area contributed by atoms with E-state index in [1.165, 1.54) is 35.4 Å². The van der Waals surface area contributed by atoms with Crippen molar-refractivity contribution in [1.82, 2.24) is 9.78 Å². The van der Waals surface area contributed by atoms with Crippen molar-refractivity contribution in [3.63, 3.8) is 0 Å². The fraction of sp³-hybridized carbons (Fsp3) is 0.111. The summed E-state index contributed by atoms with van der Waals surface area (Å²) in [6.07, 6.45) is 1.30. The first-order chi connectivity index (χ1) is 12.7. The van der Waals surface area contributed by atoms with Crippen molar-refractivity contribution in [2.45, 2.75) is 16.8 Å². The van der Waals surface area contributed by atoms with Crippen molar-refractivity contribution in [1.29, 1.82) is 0 Å². The lowest BCUT2D eigenvalue weighted by molar-refractivity contribution is 0.246. The molecule has 0 spiro atoms. The van der Waals surface area contributed by atoms with Gasteiger partial charge in [-0.3, -0.25) is 4.90 Å². The number of sulfone groups is 1. The van der Waals surface area contributed by atoms with Gasteiger partial charge in [0.05, 0.1) is 4.90 Å². The topological polar surface area (TPSA) is 72.3 Å². The van der Waals surface area contributed by atoms with Gasteiger partial charge in [-0.2, -0.15) is 9.78 Å². The summed E-state index contributed by atoms with van der Waals surface area (Å²) in [5.41, 5.74) is 1.60. The van der Waals surface area contributed by atoms with E-state index in [0.29, 0.717) is 5.69 Å². The lowest BCUT2D eigenvalue weighted by atomic mass is 10.2. The summed E-state index contributed by atoms with van der Waals surface area (Å²) in [4.78, 5) is 14.0. The molecule has 9 heteroatoms. The first-order valence-corrected chi connectivity index (χ1v) is 10.0. The van der Waals surface area contributed by atoms with Crippen LogP contribution in [-0.2, 0) is 9.84 Å². The third-order valence-corrected chi connectivity index (χ3v) is 6.01. The average Bonchev–Trinajstić information content (AvgIpc) is 3.11. The maximum Gasteiger partial charge on any atom is 0.348 e. The highest BCUT2D eigenvalue weighted by Gasteiger charge is 2.24. The molecule has 2 aromatic carbocycles. The van der Waals surface area contributed by atoms with Crippen LogP contribution in [0.25, 0.3) is 0 Å². The van der Waals surface area contributed by atoms with E-state index in [2.05, 4.69) is 5.10 Å². The predicted molar refractivity (Wildman–Crippen MR) is 105 cm³/mol. The van der Waals surface area contributed by atoms with E-state index in [1.54, 1.807) is 13.1 Å². The van der Waals surface area contributed by atoms with Crippen LogP contribution in [0.5, 0.6) is 0 Å². The van der Waals surface area contributed by atoms with Gasteiger partial charge in [0.25, 0.3) is 0 Å². The quantitative estimate of drug-likeness (QED) is 0.624. The van der Waals surface area contributed by atoms with Crippen LogP contribution in [0.4, 0.5) is 10.5 Å². The van der Waals surface area contributed by atoms with Gasteiger partial charge in [-0.1, -0.05) is 41.4 Å². The summed E-state index contributed by atoms with van der Waals surface area (Å²) in [5, 5.41) is 4.06. The highest BCUT2D eigenvalue weighted by atomic mass is 35.5. The smallest absolute Gasteiger partial charge is 0.295 e. The predicted octanol–water partition coefficient (Wildman–Crippen LogP) is 4.44. The van der Waals surface area contributed by atoms with Gasteiger partial charge in [0.2, 0.25) is 9.84 Å². The number of aromatic nitrogens is 2. The third kappa shape index (κ3) is 3.85. The molecule has 0 radical (unpaired) electrons. The minimum absolute atomic E-state index is 0.0926. The van der Waals surface area contributed by atoms with Crippen molar-refractivity contribution in [3.8, 4) is 0 Å². The van der Waals surface area contributed by atoms with Crippen LogP contribution < -0.4 is 4.90 Å². The van der Waals surface area contributed by atoms with E-state index >= 15 is 0 Å². The average molecular weight is 424 g/mol. The Labute approximate surface area is 166 Å². The number of hydrogen-bond acceptors (Lipinski definition) is 4. The molecule has 0 fully saturated rings. The molecule has 1 aromatic heterocycles. The van der Waals surface area contributed by atoms with E-state index in [9.17, 15) is 13.2 Å². The van der Waals surface area contributed by atoms with Crippen LogP contribution in [0.1, 0.15) is 5.56 Å². The van der Waals surface area contributed by atoms with E-state index < -0.39 is 15.9 Å². The molecule has 0 unspecified atom stereocenters. The van der Waals surface area contributed by atoms with Crippen molar-refractivity contribution in [3.05, 3.63) is 70.3 Å². The molecule has 0 bridgehead atoms. The Morgan fingerprint density at radius 1 is 1.07 bits per heavy atom. The van der Waals surface area contributed by atoms with Gasteiger partial charge in [-0.25, -0.2) is 13.2 Å². The molecule has 0 aliphatic carbocycles. The molecule has 27 heavy (non-hydrogen) atoms. The molecule has 6 nitrogen and oxygen atoms in total. The van der Waals surface area contributed by atoms with Gasteiger partial charge in [0.15, 0.2) is 5.03 Å². The van der Waals surface area contributed by atoms with Crippen molar-refractivity contribution >= 4 is 44.8 Å². The second kappa shape index (κ2) is 7.34. The molecule has 0 atom stereocenters. The Morgan fingerprint density at radius 2 is 1.70 bits per heavy atom. The van der Waals surface area contributed by atoms with E-state index in [-0.39, 0.29) is 20.0 Å². The lowest BCUT2D eigenvalue weighted by Crippen LogP contribution is -2.32. The van der Waals surface area contributed by atoms with Gasteiger partial charge in [-0.05, 0) is 42.8 Å². The van der Waals surface area contributed by atoms with Crippen LogP contribution in [0.15, 0.2) is 64.6 Å². The summed E-state index contributed by atoms with van der Waals surface area (Å²) < 4.78 is 26.5. The molecule has 0 N–H and O–H groups in total. The normalized spacial score (nSPS) is 11.4. The zero-order chi connectivity index (χ0) is 19.8. The van der Waals surface area contributed by atoms with E-state index in [0.717, 1.165) is 10.2 Å². The molecular formula is C18H15Cl2N3O3S. The van der Waals surface area contributed by atoms with Crippen molar-refractivity contribution < 1.29 is 13.2 Å². The third-order valence-electron chi connectivity index (χ3n) is 3.95. The highest BCUT2D eigenvalue weighted by Crippen LogP contribution is 2.26. The first-order valence-electron chi connectivity index (χ1n) is 7.80. The standard InChI is InChI=1S/C18H15Cl2N3O3S/c1-12-5-3-4-6-16(12)22(2)18(24)23-8-7-17(21-23)27(25,26)15-10-13(19)9-14(20)11-15/h3-11H,1-2H3. The first kappa shape index (κ1) is 19.4. The molecule has 0 saturated heterocycles. The Hall–Kier alpha value is -2.35. The van der Waals surface area contributed by atoms with Gasteiger partial charge in [0, 0.05) is 29.0 Å². The zero-order valence-corrected chi connectivity index (χ0v) is 16.8. The maximum absolute atomic E-state index is 12.8. The molecule has 140 valence electrons. The molecular weight excluding hydrogens is 409 g/mol. The number of rotatable bonds is 3. The van der Waals surface area contributed by atoms with Crippen molar-refractivity contribution in [2.24, 2.45) is 0 Å². The molecule has 1 amide bonds. The Balaban J connectivity index is 1.94. The maximum atomic E-state index is 12.8. The fourth-order valence-corrected chi connectivity index (χ4v) is 4.45. The number of nitrogens with zero attached hydrogens (tertiary/aromatic N) is 3. The van der Waals surface area contributed by atoms with Crippen molar-refractivity contribution in [2.75, 3.05) is 11.9 Å². The van der Waals surface area contributed by atoms with E-state index in [1.807, 2.05) is 25.1 Å². The number of anilines is 1. The van der Waals surface area contributed by atoms with Crippen LogP contribution in [-0.4, -0.2) is 31.3 Å². The summed E-state index contributed by atoms with van der Waals surface area (Å²) >= 11 is 11.8. The summed E-state index contributed by atoms with van der Waals surface area (Å²) in [5.74, 6) is 0. The number of halogens is 2. The minimum Gasteiger partial charge on any atom is -0.295 e. The number of hydrogen-bond donors (Lipinski definition) is 0. The van der Waals surface area contributed by atoms with Crippen LogP contribution in [0, 0.1) is 6.92 Å². The van der Waals surface area contributed by atoms with Crippen LogP contribution >= 0.6 is 23.2 Å². The molecule has 0 aliphatic heterocycles. The highest BCUT2D eigenvalue weighted by molar-refractivity contribution is 7.91. The summed E-state index contributed by atoms with van der Waals surface area (Å²) in [7, 11) is -2.37. The second-order valence-corrected chi connectivity index (χ2v) is 8.60. The Morgan fingerprint density at radius 3 is 2.33 bits per heavy atom. The number of carbonyl (C=O) groups is 1. The van der Waals surface area contributed by atoms with Gasteiger partial charge in [-0.15, -0.1) is 0 Å². The number of aryl methyl sites for hydroxylation is 1. The van der Waals surface area contributed by atoms with Gasteiger partial charge < -0.3 is 0 Å². The SMILES string of the molecule is Cc1ccccc1N(C)C(=O)n1ccc(S(=O)(=O)c2cc(Cl)cc(Cl)c2)n1. The zero-order valence-electron chi connectivity index (χ0n) is 14.4. The molecule has 3 rings (SSSR count). The number of carbonyl (C=O) groups excluding carboxylic acids is 1. The van der Waals surface area contributed by atoms with Gasteiger partial charge in [0.1, 0.15) is 0 Å². The summed E-state index contributed by atoms with van der Waals surface area (Å²) in [6, 6.07) is 12.1. The summed E-state index contributed by atoms with van der Waals surface area (Å²) in [6.45, 7) is 1.88. The largest absolute Gasteiger partial charge is 0.348 e. The monoisotopic (exact) mass is 423 g/mol. The Bertz CT molecular complexity index is 1110. The Kier molecular flexibility index (Phi) is 5.28. The number of amides is 1. The molecule has 0 saturated carbocycles. The molecule has 1 heterocycles. The molecule has 0 aliphatic rings. The minimum atomic E-state index is -3.97. The fourth-order valence-electron chi connectivity index (χ4n) is 2.56.